The second kappa shape index (κ2) is 12.7. The van der Waals surface area contributed by atoms with Gasteiger partial charge in [0, 0.05) is 51.0 Å². The van der Waals surface area contributed by atoms with Crippen molar-refractivity contribution in [2.45, 2.75) is 6.17 Å². The monoisotopic (exact) mass is 740 g/mol. The summed E-state index contributed by atoms with van der Waals surface area (Å²) < 4.78 is 2.45. The Kier molecular flexibility index (Phi) is 7.17. The van der Waals surface area contributed by atoms with E-state index in [9.17, 15) is 0 Å². The lowest BCUT2D eigenvalue weighted by Gasteiger charge is -2.33. The van der Waals surface area contributed by atoms with Gasteiger partial charge in [-0.1, -0.05) is 158 Å². The molecule has 1 atom stereocenters. The zero-order valence-electron chi connectivity index (χ0n) is 31.8. The molecular weight excluding hydrogens is 705 g/mol. The molecule has 0 saturated heterocycles. The lowest BCUT2D eigenvalue weighted by atomic mass is 9.89. The van der Waals surface area contributed by atoms with E-state index in [-0.39, 0.29) is 6.17 Å². The van der Waals surface area contributed by atoms with Crippen LogP contribution >= 0.6 is 0 Å². The highest BCUT2D eigenvalue weighted by Crippen LogP contribution is 2.47. The molecule has 10 aromatic carbocycles. The van der Waals surface area contributed by atoms with Crippen molar-refractivity contribution in [3.8, 4) is 5.69 Å². The molecule has 12 rings (SSSR count). The summed E-state index contributed by atoms with van der Waals surface area (Å²) in [5.74, 6) is 1.62. The molecule has 1 aliphatic heterocycles. The van der Waals surface area contributed by atoms with Crippen molar-refractivity contribution >= 4 is 87.3 Å². The minimum atomic E-state index is -0.352. The van der Waals surface area contributed by atoms with Crippen molar-refractivity contribution in [2.75, 3.05) is 7.05 Å². The molecule has 0 aliphatic carbocycles. The van der Waals surface area contributed by atoms with Crippen LogP contribution in [0.25, 0.3) is 81.4 Å². The number of rotatable bonds is 4. The summed E-state index contributed by atoms with van der Waals surface area (Å²) >= 11 is 0. The highest BCUT2D eigenvalue weighted by atomic mass is 15.3. The van der Waals surface area contributed by atoms with Gasteiger partial charge in [-0.2, -0.15) is 0 Å². The van der Waals surface area contributed by atoms with Gasteiger partial charge in [-0.25, -0.2) is 9.98 Å². The van der Waals surface area contributed by atoms with E-state index in [1.54, 1.807) is 0 Å². The van der Waals surface area contributed by atoms with E-state index in [1.807, 2.05) is 0 Å². The Morgan fingerprint density at radius 2 is 1.00 bits per heavy atom. The van der Waals surface area contributed by atoms with Crippen LogP contribution in [0.1, 0.15) is 22.9 Å². The van der Waals surface area contributed by atoms with Gasteiger partial charge in [-0.05, 0) is 79.5 Å². The summed E-state index contributed by atoms with van der Waals surface area (Å²) in [6.07, 6.45) is -0.352. The predicted molar refractivity (Wildman–Crippen MR) is 245 cm³/mol. The van der Waals surface area contributed by atoms with E-state index in [0.717, 1.165) is 34.0 Å². The van der Waals surface area contributed by atoms with Crippen LogP contribution in [0, 0.1) is 0 Å². The fourth-order valence-electron chi connectivity index (χ4n) is 9.49. The van der Waals surface area contributed by atoms with Gasteiger partial charge in [0.1, 0.15) is 5.84 Å². The van der Waals surface area contributed by atoms with E-state index >= 15 is 0 Å². The predicted octanol–water partition coefficient (Wildman–Crippen LogP) is 13.4. The molecule has 0 fully saturated rings. The maximum absolute atomic E-state index is 5.59. The Hall–Kier alpha value is -7.56. The molecule has 58 heavy (non-hydrogen) atoms. The van der Waals surface area contributed by atoms with Crippen LogP contribution in [0.15, 0.2) is 204 Å². The topological polar surface area (TPSA) is 32.9 Å². The zero-order chi connectivity index (χ0) is 38.3. The van der Waals surface area contributed by atoms with Gasteiger partial charge >= 0.3 is 0 Å². The number of nitrogens with zero attached hydrogens (tertiary/aromatic N) is 4. The summed E-state index contributed by atoms with van der Waals surface area (Å²) in [5, 5.41) is 14.6. The first kappa shape index (κ1) is 32.7. The number of aliphatic imine (C=N–C) groups is 2. The summed E-state index contributed by atoms with van der Waals surface area (Å²) in [7, 11) is 2.15. The van der Waals surface area contributed by atoms with Crippen LogP contribution in [0.2, 0.25) is 0 Å². The molecule has 4 heteroatoms. The number of para-hydroxylation sites is 2. The summed E-state index contributed by atoms with van der Waals surface area (Å²) in [6.45, 7) is 0. The molecule has 272 valence electrons. The van der Waals surface area contributed by atoms with Gasteiger partial charge in [-0.15, -0.1) is 0 Å². The minimum absolute atomic E-state index is 0.352. The zero-order valence-corrected chi connectivity index (χ0v) is 31.8. The molecule has 0 bridgehead atoms. The number of amidine groups is 2. The number of aromatic nitrogens is 1. The molecule has 0 amide bonds. The normalized spacial score (nSPS) is 14.6. The van der Waals surface area contributed by atoms with Gasteiger partial charge in [0.05, 0.1) is 11.0 Å². The Morgan fingerprint density at radius 3 is 1.74 bits per heavy atom. The van der Waals surface area contributed by atoms with Crippen LogP contribution in [0.3, 0.4) is 0 Å². The van der Waals surface area contributed by atoms with Crippen molar-refractivity contribution in [3.63, 3.8) is 0 Å². The average molecular weight is 741 g/mol. The van der Waals surface area contributed by atoms with Gasteiger partial charge in [0.25, 0.3) is 0 Å². The maximum Gasteiger partial charge on any atom is 0.159 e. The molecule has 1 aromatic heterocycles. The Bertz CT molecular complexity index is 3540. The number of benzene rings is 10. The molecule has 1 aliphatic rings. The first-order chi connectivity index (χ1) is 28.7. The second-order valence-electron chi connectivity index (χ2n) is 15.4. The molecule has 0 spiro atoms. The van der Waals surface area contributed by atoms with E-state index in [0.29, 0.717) is 0 Å². The smallest absolute Gasteiger partial charge is 0.159 e. The fourth-order valence-corrected chi connectivity index (χ4v) is 9.49. The highest BCUT2D eigenvalue weighted by molar-refractivity contribution is 6.37. The lowest BCUT2D eigenvalue weighted by molar-refractivity contribution is 0.385. The van der Waals surface area contributed by atoms with Crippen molar-refractivity contribution in [2.24, 2.45) is 9.98 Å². The molecule has 0 saturated carbocycles. The van der Waals surface area contributed by atoms with Crippen molar-refractivity contribution in [1.82, 2.24) is 9.47 Å². The summed E-state index contributed by atoms with van der Waals surface area (Å²) in [5.41, 5.74) is 6.78. The Labute approximate surface area is 335 Å². The average Bonchev–Trinajstić information content (AvgIpc) is 3.64. The lowest BCUT2D eigenvalue weighted by Crippen LogP contribution is -2.35. The standard InChI is InChI=1S/C54H36N4/c1-57-53(39-30-28-35-16-6-8-18-37(35)32-39)55-52(38-29-27-34-15-5-7-17-36(34)31-38)56-54(57)47-33-46-42-22-10-12-24-44(42)51-50(49(46)43-23-11-9-21-41(43)47)45-25-13-14-26-48(45)58(51)40-19-3-2-4-20-40/h2-33,54H,1H3. The van der Waals surface area contributed by atoms with Gasteiger partial charge in [0.15, 0.2) is 12.0 Å². The maximum atomic E-state index is 5.59. The van der Waals surface area contributed by atoms with Crippen LogP contribution < -0.4 is 0 Å². The largest absolute Gasteiger partial charge is 0.333 e. The number of hydrogen-bond donors (Lipinski definition) is 0. The van der Waals surface area contributed by atoms with Gasteiger partial charge in [-0.3, -0.25) is 0 Å². The third kappa shape index (κ3) is 4.88. The quantitative estimate of drug-likeness (QED) is 0.165. The Morgan fingerprint density at radius 1 is 0.431 bits per heavy atom. The number of fused-ring (bicyclic) bond motifs is 12. The van der Waals surface area contributed by atoms with Crippen molar-refractivity contribution in [1.29, 1.82) is 0 Å². The van der Waals surface area contributed by atoms with Gasteiger partial charge in [0.2, 0.25) is 0 Å². The summed E-state index contributed by atoms with van der Waals surface area (Å²) in [6, 6.07) is 70.2. The first-order valence-electron chi connectivity index (χ1n) is 19.9. The Balaban J connectivity index is 1.17. The molecule has 0 radical (unpaired) electrons. The molecular formula is C54H36N4. The van der Waals surface area contributed by atoms with E-state index in [2.05, 4.69) is 211 Å². The van der Waals surface area contributed by atoms with E-state index in [1.165, 1.54) is 75.7 Å². The third-order valence-electron chi connectivity index (χ3n) is 12.1. The minimum Gasteiger partial charge on any atom is -0.333 e. The SMILES string of the molecule is CN1C(c2ccc3ccccc3c2)=NC(c2ccc3ccccc3c2)=NC1c1cc2c3ccccc3c3c(c4ccccc4n3-c3ccccc3)c2c2ccccc12. The van der Waals surface area contributed by atoms with Crippen LogP contribution in [-0.2, 0) is 0 Å². The second-order valence-corrected chi connectivity index (χ2v) is 15.4. The van der Waals surface area contributed by atoms with Crippen molar-refractivity contribution in [3.05, 3.63) is 211 Å². The molecule has 1 unspecified atom stereocenters. The van der Waals surface area contributed by atoms with Crippen LogP contribution in [-0.4, -0.2) is 28.2 Å². The van der Waals surface area contributed by atoms with Crippen LogP contribution in [0.4, 0.5) is 0 Å². The van der Waals surface area contributed by atoms with E-state index in [4.69, 9.17) is 9.98 Å². The highest BCUT2D eigenvalue weighted by Gasteiger charge is 2.30. The molecule has 2 heterocycles. The molecule has 11 aromatic rings. The number of hydrogen-bond acceptors (Lipinski definition) is 3. The van der Waals surface area contributed by atoms with E-state index < -0.39 is 0 Å². The van der Waals surface area contributed by atoms with Crippen LogP contribution in [0.5, 0.6) is 0 Å². The third-order valence-corrected chi connectivity index (χ3v) is 12.1. The van der Waals surface area contributed by atoms with Gasteiger partial charge < -0.3 is 9.47 Å². The first-order valence-corrected chi connectivity index (χ1v) is 19.9. The molecule has 4 nitrogen and oxygen atoms in total. The summed E-state index contributed by atoms with van der Waals surface area (Å²) in [4.78, 5) is 13.2. The molecule has 0 N–H and O–H groups in total. The fraction of sp³-hybridized carbons (Fsp3) is 0.0370. The van der Waals surface area contributed by atoms with Crippen molar-refractivity contribution < 1.29 is 0 Å².